The highest BCUT2D eigenvalue weighted by atomic mass is 16.1. The number of pyridine rings is 1. The Labute approximate surface area is 160 Å². The van der Waals surface area contributed by atoms with Crippen LogP contribution in [0.15, 0.2) is 54.7 Å². The van der Waals surface area contributed by atoms with Crippen LogP contribution in [-0.2, 0) is 13.1 Å². The average Bonchev–Trinajstić information content (AvgIpc) is 2.96. The van der Waals surface area contributed by atoms with E-state index in [1.165, 1.54) is 0 Å². The van der Waals surface area contributed by atoms with Crippen LogP contribution in [0.3, 0.4) is 0 Å². The second-order valence-electron chi connectivity index (χ2n) is 6.63. The summed E-state index contributed by atoms with van der Waals surface area (Å²) in [6.07, 6.45) is 1.79. The lowest BCUT2D eigenvalue weighted by Gasteiger charge is -2.10. The van der Waals surface area contributed by atoms with E-state index in [1.807, 2.05) is 56.3 Å². The van der Waals surface area contributed by atoms with Gasteiger partial charge in [0.1, 0.15) is 0 Å². The normalized spacial score (nSPS) is 10.8. The summed E-state index contributed by atoms with van der Waals surface area (Å²) in [6.45, 7) is 8.43. The van der Waals surface area contributed by atoms with Crippen molar-refractivity contribution in [3.8, 4) is 0 Å². The van der Waals surface area contributed by atoms with Crippen LogP contribution in [0.4, 0.5) is 5.69 Å². The molecular weight excluding hydrogens is 336 g/mol. The maximum absolute atomic E-state index is 12.8. The van der Waals surface area contributed by atoms with Gasteiger partial charge in [0.15, 0.2) is 0 Å². The van der Waals surface area contributed by atoms with Gasteiger partial charge in [-0.25, -0.2) is 0 Å². The number of amides is 1. The van der Waals surface area contributed by atoms with Crippen LogP contribution in [-0.4, -0.2) is 22.0 Å². The molecule has 0 atom stereocenters. The monoisotopic (exact) mass is 362 g/mol. The number of nitrogens with one attached hydrogen (secondary N) is 2. The molecule has 2 aromatic heterocycles. The van der Waals surface area contributed by atoms with E-state index in [4.69, 9.17) is 0 Å². The zero-order chi connectivity index (χ0) is 19.2. The molecule has 3 aromatic rings. The van der Waals surface area contributed by atoms with Gasteiger partial charge in [0.2, 0.25) is 0 Å². The van der Waals surface area contributed by atoms with Crippen LogP contribution in [0.1, 0.15) is 39.9 Å². The van der Waals surface area contributed by atoms with Gasteiger partial charge in [0.05, 0.1) is 17.8 Å². The third kappa shape index (κ3) is 4.63. The minimum atomic E-state index is -0.0871. The maximum atomic E-state index is 12.8. The van der Waals surface area contributed by atoms with E-state index < -0.39 is 0 Å². The Morgan fingerprint density at radius 3 is 2.70 bits per heavy atom. The highest BCUT2D eigenvalue weighted by Gasteiger charge is 2.16. The van der Waals surface area contributed by atoms with Gasteiger partial charge in [-0.05, 0) is 56.3 Å². The molecule has 1 amide bonds. The minimum absolute atomic E-state index is 0.0871. The second-order valence-corrected chi connectivity index (χ2v) is 6.63. The van der Waals surface area contributed by atoms with Gasteiger partial charge in [-0.1, -0.05) is 25.1 Å². The van der Waals surface area contributed by atoms with Crippen LogP contribution >= 0.6 is 0 Å². The zero-order valence-corrected chi connectivity index (χ0v) is 16.1. The van der Waals surface area contributed by atoms with Crippen molar-refractivity contribution in [2.45, 2.75) is 33.9 Å². The Balaban J connectivity index is 1.76. The van der Waals surface area contributed by atoms with Crippen LogP contribution in [0, 0.1) is 13.8 Å². The molecule has 0 saturated carbocycles. The number of benzene rings is 1. The first-order chi connectivity index (χ1) is 13.1. The number of rotatable bonds is 7. The molecule has 0 bridgehead atoms. The van der Waals surface area contributed by atoms with E-state index in [9.17, 15) is 4.79 Å². The average molecular weight is 362 g/mol. The summed E-state index contributed by atoms with van der Waals surface area (Å²) in [5.74, 6) is -0.0871. The third-order valence-electron chi connectivity index (χ3n) is 4.63. The molecule has 2 N–H and O–H groups in total. The summed E-state index contributed by atoms with van der Waals surface area (Å²) in [5, 5.41) is 6.32. The number of hydrogen-bond acceptors (Lipinski definition) is 3. The lowest BCUT2D eigenvalue weighted by atomic mass is 10.2. The molecule has 1 aromatic carbocycles. The molecule has 0 aliphatic rings. The van der Waals surface area contributed by atoms with E-state index in [2.05, 4.69) is 33.2 Å². The second kappa shape index (κ2) is 8.64. The molecular formula is C22H26N4O. The van der Waals surface area contributed by atoms with Gasteiger partial charge < -0.3 is 15.2 Å². The molecule has 0 radical (unpaired) electrons. The lowest BCUT2D eigenvalue weighted by Crippen LogP contribution is -2.15. The summed E-state index contributed by atoms with van der Waals surface area (Å²) >= 11 is 0. The maximum Gasteiger partial charge on any atom is 0.257 e. The fourth-order valence-corrected chi connectivity index (χ4v) is 3.15. The molecule has 0 spiro atoms. The largest absolute Gasteiger partial charge is 0.342 e. The molecule has 0 unspecified atom stereocenters. The molecule has 0 aliphatic carbocycles. The minimum Gasteiger partial charge on any atom is -0.342 e. The number of carbonyl (C=O) groups excluding carboxylic acids is 1. The fraction of sp³-hybridized carbons (Fsp3) is 0.273. The zero-order valence-electron chi connectivity index (χ0n) is 16.1. The summed E-state index contributed by atoms with van der Waals surface area (Å²) in [6, 6.07) is 15.8. The Morgan fingerprint density at radius 1 is 1.11 bits per heavy atom. The Kier molecular flexibility index (Phi) is 6.04. The van der Waals surface area contributed by atoms with Crippen LogP contribution in [0.25, 0.3) is 0 Å². The first-order valence-electron chi connectivity index (χ1n) is 9.26. The van der Waals surface area contributed by atoms with Crippen molar-refractivity contribution in [1.82, 2.24) is 14.9 Å². The Hall–Kier alpha value is -2.92. The van der Waals surface area contributed by atoms with E-state index >= 15 is 0 Å². The van der Waals surface area contributed by atoms with Crippen molar-refractivity contribution in [3.63, 3.8) is 0 Å². The van der Waals surface area contributed by atoms with Gasteiger partial charge in [0.25, 0.3) is 5.91 Å². The van der Waals surface area contributed by atoms with Crippen LogP contribution < -0.4 is 10.6 Å². The van der Waals surface area contributed by atoms with Gasteiger partial charge in [0, 0.05) is 29.8 Å². The first-order valence-corrected chi connectivity index (χ1v) is 9.26. The number of aryl methyl sites for hydroxylation is 1. The highest BCUT2D eigenvalue weighted by molar-refractivity contribution is 6.05. The molecule has 0 saturated heterocycles. The molecule has 140 valence electrons. The molecule has 2 heterocycles. The quantitative estimate of drug-likeness (QED) is 0.670. The fourth-order valence-electron chi connectivity index (χ4n) is 3.15. The van der Waals surface area contributed by atoms with Crippen molar-refractivity contribution in [1.29, 1.82) is 0 Å². The Bertz CT molecular complexity index is 915. The van der Waals surface area contributed by atoms with Crippen molar-refractivity contribution < 1.29 is 4.79 Å². The van der Waals surface area contributed by atoms with E-state index in [0.717, 1.165) is 41.4 Å². The highest BCUT2D eigenvalue weighted by Crippen LogP contribution is 2.19. The predicted molar refractivity (Wildman–Crippen MR) is 109 cm³/mol. The van der Waals surface area contributed by atoms with E-state index in [1.54, 1.807) is 6.20 Å². The molecule has 0 fully saturated rings. The molecule has 0 aliphatic heterocycles. The molecule has 5 nitrogen and oxygen atoms in total. The van der Waals surface area contributed by atoms with Crippen LogP contribution in [0.2, 0.25) is 0 Å². The van der Waals surface area contributed by atoms with Gasteiger partial charge >= 0.3 is 0 Å². The first kappa shape index (κ1) is 18.9. The van der Waals surface area contributed by atoms with E-state index in [0.29, 0.717) is 12.1 Å². The summed E-state index contributed by atoms with van der Waals surface area (Å²) in [7, 11) is 0. The van der Waals surface area contributed by atoms with Crippen molar-refractivity contribution in [3.05, 3.63) is 82.9 Å². The topological polar surface area (TPSA) is 58.9 Å². The molecule has 3 rings (SSSR count). The van der Waals surface area contributed by atoms with Crippen molar-refractivity contribution >= 4 is 11.6 Å². The summed E-state index contributed by atoms with van der Waals surface area (Å²) < 4.78 is 2.12. The van der Waals surface area contributed by atoms with E-state index in [-0.39, 0.29) is 5.91 Å². The predicted octanol–water partition coefficient (Wildman–Crippen LogP) is 3.91. The molecule has 27 heavy (non-hydrogen) atoms. The smallest absolute Gasteiger partial charge is 0.257 e. The number of aromatic nitrogens is 2. The number of nitrogens with zero attached hydrogens (tertiary/aromatic N) is 2. The molecule has 5 heteroatoms. The summed E-state index contributed by atoms with van der Waals surface area (Å²) in [4.78, 5) is 17.2. The SMILES string of the molecule is CCNCc1cccc(NC(=O)c2cc(C)n(Cc3ccccn3)c2C)c1. The number of carbonyl (C=O) groups is 1. The third-order valence-corrected chi connectivity index (χ3v) is 4.63. The Morgan fingerprint density at radius 2 is 1.96 bits per heavy atom. The standard InChI is InChI=1S/C22H26N4O/c1-4-23-14-18-8-7-10-19(13-18)25-22(27)21-12-16(2)26(17(21)3)15-20-9-5-6-11-24-20/h5-13,23H,4,14-15H2,1-3H3,(H,25,27). The van der Waals surface area contributed by atoms with Gasteiger partial charge in [-0.15, -0.1) is 0 Å². The lowest BCUT2D eigenvalue weighted by molar-refractivity contribution is 0.102. The van der Waals surface area contributed by atoms with Gasteiger partial charge in [-0.2, -0.15) is 0 Å². The number of hydrogen-bond donors (Lipinski definition) is 2. The van der Waals surface area contributed by atoms with Gasteiger partial charge in [-0.3, -0.25) is 9.78 Å². The van der Waals surface area contributed by atoms with Crippen LogP contribution in [0.5, 0.6) is 0 Å². The van der Waals surface area contributed by atoms with Crippen molar-refractivity contribution in [2.24, 2.45) is 0 Å². The van der Waals surface area contributed by atoms with Crippen molar-refractivity contribution in [2.75, 3.05) is 11.9 Å². The summed E-state index contributed by atoms with van der Waals surface area (Å²) in [5.41, 5.74) is 5.62. The number of anilines is 1.